The zero-order valence-electron chi connectivity index (χ0n) is 7.74. The lowest BCUT2D eigenvalue weighted by Gasteiger charge is -2.00. The molecule has 0 fully saturated rings. The number of hydrogen-bond donors (Lipinski definition) is 0. The standard InChI is InChI=1S/C11H11NS/c1-8-5-3-4-6-10(8)11-7-13-9(2)12-11/h3-7H,1-2H3. The normalized spacial score (nSPS) is 10.3. The fourth-order valence-electron chi connectivity index (χ4n) is 1.35. The third-order valence-corrected chi connectivity index (χ3v) is 2.81. The van der Waals surface area contributed by atoms with Crippen molar-refractivity contribution >= 4 is 11.3 Å². The summed E-state index contributed by atoms with van der Waals surface area (Å²) in [5.74, 6) is 0. The van der Waals surface area contributed by atoms with Crippen molar-refractivity contribution in [2.75, 3.05) is 0 Å². The molecule has 0 N–H and O–H groups in total. The van der Waals surface area contributed by atoms with Crippen molar-refractivity contribution in [1.82, 2.24) is 4.98 Å². The van der Waals surface area contributed by atoms with Crippen LogP contribution in [0.15, 0.2) is 29.6 Å². The zero-order chi connectivity index (χ0) is 9.26. The maximum Gasteiger partial charge on any atom is 0.0901 e. The first-order valence-corrected chi connectivity index (χ1v) is 5.13. The van der Waals surface area contributed by atoms with Crippen LogP contribution in [-0.2, 0) is 0 Å². The fourth-order valence-corrected chi connectivity index (χ4v) is 1.96. The number of hydrogen-bond acceptors (Lipinski definition) is 2. The Morgan fingerprint density at radius 3 is 2.54 bits per heavy atom. The Morgan fingerprint density at radius 2 is 1.92 bits per heavy atom. The molecule has 0 aliphatic rings. The summed E-state index contributed by atoms with van der Waals surface area (Å²) in [6, 6.07) is 8.34. The molecule has 0 saturated carbocycles. The van der Waals surface area contributed by atoms with Gasteiger partial charge in [0.25, 0.3) is 0 Å². The molecule has 0 atom stereocenters. The first kappa shape index (κ1) is 8.45. The lowest BCUT2D eigenvalue weighted by Crippen LogP contribution is -1.82. The zero-order valence-corrected chi connectivity index (χ0v) is 8.56. The van der Waals surface area contributed by atoms with Gasteiger partial charge >= 0.3 is 0 Å². The Morgan fingerprint density at radius 1 is 1.15 bits per heavy atom. The molecule has 0 aliphatic heterocycles. The van der Waals surface area contributed by atoms with Crippen molar-refractivity contribution < 1.29 is 0 Å². The molecule has 1 heterocycles. The average Bonchev–Trinajstić information content (AvgIpc) is 2.53. The summed E-state index contributed by atoms with van der Waals surface area (Å²) in [5.41, 5.74) is 3.63. The number of aromatic nitrogens is 1. The molecule has 0 amide bonds. The minimum Gasteiger partial charge on any atom is -0.242 e. The van der Waals surface area contributed by atoms with Gasteiger partial charge in [-0.15, -0.1) is 11.3 Å². The van der Waals surface area contributed by atoms with E-state index in [9.17, 15) is 0 Å². The summed E-state index contributed by atoms with van der Waals surface area (Å²) in [6.45, 7) is 4.15. The second-order valence-corrected chi connectivity index (χ2v) is 4.13. The predicted octanol–water partition coefficient (Wildman–Crippen LogP) is 3.43. The van der Waals surface area contributed by atoms with Crippen LogP contribution in [0.4, 0.5) is 0 Å². The Bertz CT molecular complexity index is 418. The van der Waals surface area contributed by atoms with Gasteiger partial charge in [0.2, 0.25) is 0 Å². The van der Waals surface area contributed by atoms with Crippen molar-refractivity contribution in [2.24, 2.45) is 0 Å². The highest BCUT2D eigenvalue weighted by molar-refractivity contribution is 7.09. The summed E-state index contributed by atoms with van der Waals surface area (Å²) in [6.07, 6.45) is 0. The van der Waals surface area contributed by atoms with E-state index in [1.807, 2.05) is 6.92 Å². The molecule has 1 aromatic heterocycles. The number of benzene rings is 1. The quantitative estimate of drug-likeness (QED) is 0.669. The van der Waals surface area contributed by atoms with Crippen LogP contribution in [-0.4, -0.2) is 4.98 Å². The third kappa shape index (κ3) is 1.63. The molecule has 0 spiro atoms. The van der Waals surface area contributed by atoms with E-state index in [4.69, 9.17) is 0 Å². The van der Waals surface area contributed by atoms with Crippen molar-refractivity contribution in [2.45, 2.75) is 13.8 Å². The minimum absolute atomic E-state index is 1.10. The van der Waals surface area contributed by atoms with E-state index in [-0.39, 0.29) is 0 Å². The molecule has 0 unspecified atom stereocenters. The molecule has 0 bridgehead atoms. The molecule has 1 aromatic carbocycles. The first-order valence-electron chi connectivity index (χ1n) is 4.25. The lowest BCUT2D eigenvalue weighted by molar-refractivity contribution is 1.29. The number of thiazole rings is 1. The van der Waals surface area contributed by atoms with Crippen molar-refractivity contribution in [3.05, 3.63) is 40.2 Å². The van der Waals surface area contributed by atoms with Crippen LogP contribution in [0.1, 0.15) is 10.6 Å². The summed E-state index contributed by atoms with van der Waals surface area (Å²) in [4.78, 5) is 4.46. The van der Waals surface area contributed by atoms with E-state index in [1.165, 1.54) is 11.1 Å². The minimum atomic E-state index is 1.10. The van der Waals surface area contributed by atoms with Gasteiger partial charge in [0.1, 0.15) is 0 Å². The van der Waals surface area contributed by atoms with Gasteiger partial charge in [0, 0.05) is 10.9 Å². The maximum atomic E-state index is 4.46. The van der Waals surface area contributed by atoms with Gasteiger partial charge in [-0.3, -0.25) is 0 Å². The molecular weight excluding hydrogens is 178 g/mol. The van der Waals surface area contributed by atoms with Gasteiger partial charge < -0.3 is 0 Å². The number of rotatable bonds is 1. The third-order valence-electron chi connectivity index (χ3n) is 2.04. The van der Waals surface area contributed by atoms with Gasteiger partial charge in [-0.05, 0) is 19.4 Å². The highest BCUT2D eigenvalue weighted by atomic mass is 32.1. The number of nitrogens with zero attached hydrogens (tertiary/aromatic N) is 1. The van der Waals surface area contributed by atoms with E-state index in [0.717, 1.165) is 10.7 Å². The molecule has 2 aromatic rings. The summed E-state index contributed by atoms with van der Waals surface area (Å²) in [7, 11) is 0. The van der Waals surface area contributed by atoms with Crippen molar-refractivity contribution in [3.8, 4) is 11.3 Å². The van der Waals surface area contributed by atoms with Gasteiger partial charge in [-0.25, -0.2) is 4.98 Å². The van der Waals surface area contributed by atoms with Crippen LogP contribution in [0.2, 0.25) is 0 Å². The molecule has 66 valence electrons. The van der Waals surface area contributed by atoms with Crippen LogP contribution >= 0.6 is 11.3 Å². The van der Waals surface area contributed by atoms with Gasteiger partial charge in [-0.1, -0.05) is 24.3 Å². The van der Waals surface area contributed by atoms with Crippen molar-refractivity contribution in [1.29, 1.82) is 0 Å². The van der Waals surface area contributed by atoms with Gasteiger partial charge in [-0.2, -0.15) is 0 Å². The van der Waals surface area contributed by atoms with E-state index in [2.05, 4.69) is 41.6 Å². The summed E-state index contributed by atoms with van der Waals surface area (Å²) < 4.78 is 0. The van der Waals surface area contributed by atoms with E-state index in [1.54, 1.807) is 11.3 Å². The summed E-state index contributed by atoms with van der Waals surface area (Å²) in [5, 5.41) is 3.23. The monoisotopic (exact) mass is 189 g/mol. The van der Waals surface area contributed by atoms with Gasteiger partial charge in [0.15, 0.2) is 0 Å². The molecule has 0 radical (unpaired) electrons. The Kier molecular flexibility index (Phi) is 2.15. The maximum absolute atomic E-state index is 4.46. The van der Waals surface area contributed by atoms with Crippen molar-refractivity contribution in [3.63, 3.8) is 0 Å². The molecular formula is C11H11NS. The smallest absolute Gasteiger partial charge is 0.0901 e. The van der Waals surface area contributed by atoms with Crippen LogP contribution in [0, 0.1) is 13.8 Å². The largest absolute Gasteiger partial charge is 0.242 e. The van der Waals surface area contributed by atoms with Gasteiger partial charge in [0.05, 0.1) is 10.7 Å². The molecule has 0 aliphatic carbocycles. The topological polar surface area (TPSA) is 12.9 Å². The SMILES string of the molecule is Cc1nc(-c2ccccc2C)cs1. The number of aryl methyl sites for hydroxylation is 2. The Balaban J connectivity index is 2.52. The summed E-state index contributed by atoms with van der Waals surface area (Å²) >= 11 is 1.70. The molecule has 13 heavy (non-hydrogen) atoms. The second kappa shape index (κ2) is 3.30. The average molecular weight is 189 g/mol. The molecule has 1 nitrogen and oxygen atoms in total. The van der Waals surface area contributed by atoms with Crippen LogP contribution in [0.3, 0.4) is 0 Å². The van der Waals surface area contributed by atoms with E-state index < -0.39 is 0 Å². The highest BCUT2D eigenvalue weighted by Crippen LogP contribution is 2.24. The highest BCUT2D eigenvalue weighted by Gasteiger charge is 2.03. The predicted molar refractivity (Wildman–Crippen MR) is 57.0 cm³/mol. The van der Waals surface area contributed by atoms with Crippen LogP contribution in [0.5, 0.6) is 0 Å². The van der Waals surface area contributed by atoms with Crippen LogP contribution in [0.25, 0.3) is 11.3 Å². The fraction of sp³-hybridized carbons (Fsp3) is 0.182. The molecule has 2 rings (SSSR count). The first-order chi connectivity index (χ1) is 6.27. The molecule has 2 heteroatoms. The van der Waals surface area contributed by atoms with Crippen LogP contribution < -0.4 is 0 Å². The van der Waals surface area contributed by atoms with E-state index >= 15 is 0 Å². The Labute approximate surface area is 82.1 Å². The molecule has 0 saturated heterocycles. The lowest BCUT2D eigenvalue weighted by atomic mass is 10.1. The van der Waals surface area contributed by atoms with E-state index in [0.29, 0.717) is 0 Å². The Hall–Kier alpha value is -1.15. The second-order valence-electron chi connectivity index (χ2n) is 3.07.